The van der Waals surface area contributed by atoms with Crippen LogP contribution in [0.4, 0.5) is 10.1 Å². The molecule has 5 nitrogen and oxygen atoms in total. The molecule has 0 aliphatic heterocycles. The van der Waals surface area contributed by atoms with Crippen molar-refractivity contribution in [2.24, 2.45) is 0 Å². The summed E-state index contributed by atoms with van der Waals surface area (Å²) in [7, 11) is 0. The minimum atomic E-state index is -0.262. The molecule has 2 aromatic heterocycles. The van der Waals surface area contributed by atoms with Crippen molar-refractivity contribution in [2.45, 2.75) is 11.3 Å². The van der Waals surface area contributed by atoms with Crippen molar-refractivity contribution in [3.63, 3.8) is 0 Å². The second kappa shape index (κ2) is 8.22. The van der Waals surface area contributed by atoms with Crippen LogP contribution in [-0.4, -0.2) is 26.2 Å². The Morgan fingerprint density at radius 2 is 1.86 bits per heavy atom. The first-order chi connectivity index (χ1) is 13.7. The minimum Gasteiger partial charge on any atom is -0.325 e. The van der Waals surface area contributed by atoms with E-state index in [2.05, 4.69) is 15.3 Å². The highest BCUT2D eigenvalue weighted by Crippen LogP contribution is 2.20. The zero-order chi connectivity index (χ0) is 19.3. The molecule has 0 aliphatic rings. The first-order valence-electron chi connectivity index (χ1n) is 8.76. The maximum atomic E-state index is 12.9. The van der Waals surface area contributed by atoms with Crippen molar-refractivity contribution in [1.29, 1.82) is 0 Å². The lowest BCUT2D eigenvalue weighted by Crippen LogP contribution is -2.12. The molecule has 0 atom stereocenters. The average Bonchev–Trinajstić information content (AvgIpc) is 3.14. The van der Waals surface area contributed by atoms with Gasteiger partial charge < -0.3 is 5.32 Å². The fraction of sp³-hybridized carbons (Fsp3) is 0.0952. The maximum Gasteiger partial charge on any atom is 0.225 e. The Morgan fingerprint density at radius 3 is 2.64 bits per heavy atom. The zero-order valence-corrected chi connectivity index (χ0v) is 15.7. The summed E-state index contributed by atoms with van der Waals surface area (Å²) < 4.78 is 14.8. The van der Waals surface area contributed by atoms with E-state index in [1.807, 2.05) is 41.0 Å². The van der Waals surface area contributed by atoms with Gasteiger partial charge in [-0.05, 0) is 48.5 Å². The first-order valence-corrected chi connectivity index (χ1v) is 9.74. The summed E-state index contributed by atoms with van der Waals surface area (Å²) in [6.45, 7) is 0. The van der Waals surface area contributed by atoms with Crippen molar-refractivity contribution in [1.82, 2.24) is 14.5 Å². The largest absolute Gasteiger partial charge is 0.325 e. The van der Waals surface area contributed by atoms with Gasteiger partial charge in [-0.15, -0.1) is 11.8 Å². The summed E-state index contributed by atoms with van der Waals surface area (Å²) in [5.74, 6) is 1.00. The molecule has 4 aromatic rings. The molecule has 0 spiro atoms. The normalized spacial score (nSPS) is 10.9. The molecule has 0 saturated heterocycles. The van der Waals surface area contributed by atoms with Crippen LogP contribution in [0.15, 0.2) is 78.1 Å². The van der Waals surface area contributed by atoms with Gasteiger partial charge in [-0.3, -0.25) is 9.36 Å². The highest BCUT2D eigenvalue weighted by atomic mass is 32.2. The van der Waals surface area contributed by atoms with Crippen LogP contribution in [0.3, 0.4) is 0 Å². The molecule has 28 heavy (non-hydrogen) atoms. The first kappa shape index (κ1) is 18.2. The van der Waals surface area contributed by atoms with Crippen LogP contribution in [0, 0.1) is 5.82 Å². The van der Waals surface area contributed by atoms with Crippen molar-refractivity contribution >= 4 is 34.4 Å². The van der Waals surface area contributed by atoms with Gasteiger partial charge in [-0.25, -0.2) is 14.4 Å². The number of anilines is 1. The number of para-hydroxylation sites is 2. The third kappa shape index (κ3) is 4.20. The Morgan fingerprint density at radius 1 is 1.04 bits per heavy atom. The lowest BCUT2D eigenvalue weighted by molar-refractivity contribution is -0.115. The number of nitrogens with one attached hydrogen (secondary N) is 1. The Kier molecular flexibility index (Phi) is 5.34. The molecule has 0 saturated carbocycles. The second-order valence-corrected chi connectivity index (χ2v) is 7.28. The number of aromatic nitrogens is 3. The van der Waals surface area contributed by atoms with Gasteiger partial charge in [0.05, 0.1) is 22.9 Å². The molecule has 7 heteroatoms. The van der Waals surface area contributed by atoms with E-state index < -0.39 is 0 Å². The maximum absolute atomic E-state index is 12.9. The fourth-order valence-corrected chi connectivity index (χ4v) is 3.61. The molecule has 140 valence electrons. The van der Waals surface area contributed by atoms with Crippen molar-refractivity contribution in [3.05, 3.63) is 79.0 Å². The molecule has 0 unspecified atom stereocenters. The highest BCUT2D eigenvalue weighted by molar-refractivity contribution is 7.99. The number of imidazole rings is 1. The molecule has 4 rings (SSSR count). The van der Waals surface area contributed by atoms with Crippen LogP contribution < -0.4 is 5.32 Å². The number of benzene rings is 2. The topological polar surface area (TPSA) is 59.8 Å². The van der Waals surface area contributed by atoms with E-state index in [0.29, 0.717) is 17.9 Å². The van der Waals surface area contributed by atoms with E-state index in [0.717, 1.165) is 21.7 Å². The summed E-state index contributed by atoms with van der Waals surface area (Å²) in [6.07, 6.45) is 3.73. The summed E-state index contributed by atoms with van der Waals surface area (Å²) in [6, 6.07) is 17.8. The molecule has 0 fully saturated rings. The standard InChI is InChI=1S/C21H17FN4OS/c22-15-5-8-17(9-6-15)28-12-11-21(27)25-16-7-10-20(23-13-16)26-14-24-18-3-1-2-4-19(18)26/h1-10,13-14H,11-12H2,(H,25,27). The zero-order valence-electron chi connectivity index (χ0n) is 14.9. The van der Waals surface area contributed by atoms with Gasteiger partial charge in [0.15, 0.2) is 0 Å². The number of hydrogen-bond donors (Lipinski definition) is 1. The van der Waals surface area contributed by atoms with Gasteiger partial charge in [0.2, 0.25) is 5.91 Å². The Balaban J connectivity index is 1.34. The summed E-state index contributed by atoms with van der Waals surface area (Å²) >= 11 is 1.52. The van der Waals surface area contributed by atoms with E-state index in [1.54, 1.807) is 24.7 Å². The lowest BCUT2D eigenvalue weighted by atomic mass is 10.3. The number of fused-ring (bicyclic) bond motifs is 1. The van der Waals surface area contributed by atoms with Crippen LogP contribution in [0.2, 0.25) is 0 Å². The smallest absolute Gasteiger partial charge is 0.225 e. The summed E-state index contributed by atoms with van der Waals surface area (Å²) in [5.41, 5.74) is 2.52. The van der Waals surface area contributed by atoms with Gasteiger partial charge in [0.1, 0.15) is 18.0 Å². The number of amides is 1. The molecule has 0 bridgehead atoms. The van der Waals surface area contributed by atoms with Crippen molar-refractivity contribution in [3.8, 4) is 5.82 Å². The SMILES string of the molecule is O=C(CCSc1ccc(F)cc1)Nc1ccc(-n2cnc3ccccc32)nc1. The van der Waals surface area contributed by atoms with Crippen LogP contribution in [0.1, 0.15) is 6.42 Å². The van der Waals surface area contributed by atoms with Gasteiger partial charge in [-0.1, -0.05) is 12.1 Å². The van der Waals surface area contributed by atoms with Gasteiger partial charge >= 0.3 is 0 Å². The quantitative estimate of drug-likeness (QED) is 0.484. The molecule has 1 amide bonds. The van der Waals surface area contributed by atoms with Gasteiger partial charge in [0, 0.05) is 17.1 Å². The summed E-state index contributed by atoms with van der Waals surface area (Å²) in [5, 5.41) is 2.85. The highest BCUT2D eigenvalue weighted by Gasteiger charge is 2.07. The van der Waals surface area contributed by atoms with Crippen LogP contribution >= 0.6 is 11.8 Å². The number of carbonyl (C=O) groups excluding carboxylic acids is 1. The minimum absolute atomic E-state index is 0.0859. The van der Waals surface area contributed by atoms with Crippen LogP contribution in [0.5, 0.6) is 0 Å². The lowest BCUT2D eigenvalue weighted by Gasteiger charge is -2.07. The number of hydrogen-bond acceptors (Lipinski definition) is 4. The monoisotopic (exact) mass is 392 g/mol. The number of halogens is 1. The number of thioether (sulfide) groups is 1. The van der Waals surface area contributed by atoms with Gasteiger partial charge in [0.25, 0.3) is 0 Å². The van der Waals surface area contributed by atoms with E-state index in [-0.39, 0.29) is 11.7 Å². The predicted molar refractivity (Wildman–Crippen MR) is 109 cm³/mol. The molecule has 2 aromatic carbocycles. The van der Waals surface area contributed by atoms with E-state index in [9.17, 15) is 9.18 Å². The number of carbonyl (C=O) groups is 1. The molecule has 1 N–H and O–H groups in total. The average molecular weight is 392 g/mol. The van der Waals surface area contributed by atoms with E-state index >= 15 is 0 Å². The number of pyridine rings is 1. The van der Waals surface area contributed by atoms with Crippen LogP contribution in [0.25, 0.3) is 16.9 Å². The molecule has 0 aliphatic carbocycles. The Labute approximate surface area is 165 Å². The third-order valence-corrected chi connectivity index (χ3v) is 5.16. The second-order valence-electron chi connectivity index (χ2n) is 6.11. The molecule has 0 radical (unpaired) electrons. The fourth-order valence-electron chi connectivity index (χ4n) is 2.76. The molecular formula is C21H17FN4OS. The molecular weight excluding hydrogens is 375 g/mol. The van der Waals surface area contributed by atoms with Crippen molar-refractivity contribution in [2.75, 3.05) is 11.1 Å². The number of nitrogens with zero attached hydrogens (tertiary/aromatic N) is 3. The Hall–Kier alpha value is -3.19. The van der Waals surface area contributed by atoms with E-state index in [1.165, 1.54) is 23.9 Å². The third-order valence-electron chi connectivity index (χ3n) is 4.14. The summed E-state index contributed by atoms with van der Waals surface area (Å²) in [4.78, 5) is 21.8. The number of rotatable bonds is 6. The van der Waals surface area contributed by atoms with Gasteiger partial charge in [-0.2, -0.15) is 0 Å². The van der Waals surface area contributed by atoms with Crippen molar-refractivity contribution < 1.29 is 9.18 Å². The Bertz CT molecular complexity index is 1090. The molecule has 2 heterocycles. The predicted octanol–water partition coefficient (Wildman–Crippen LogP) is 4.68. The van der Waals surface area contributed by atoms with E-state index in [4.69, 9.17) is 0 Å². The van der Waals surface area contributed by atoms with Crippen LogP contribution in [-0.2, 0) is 4.79 Å².